The van der Waals surface area contributed by atoms with Crippen LogP contribution in [0, 0.1) is 0 Å². The van der Waals surface area contributed by atoms with Gasteiger partial charge in [0.15, 0.2) is 11.4 Å². The van der Waals surface area contributed by atoms with Crippen LogP contribution in [0.1, 0.15) is 11.1 Å². The molecule has 27 heavy (non-hydrogen) atoms. The number of halogens is 3. The van der Waals surface area contributed by atoms with Crippen molar-refractivity contribution in [2.45, 2.75) is 17.0 Å². The zero-order valence-corrected chi connectivity index (χ0v) is 14.5. The van der Waals surface area contributed by atoms with E-state index in [9.17, 15) is 13.2 Å². The highest BCUT2D eigenvalue weighted by atomic mass is 32.2. The van der Waals surface area contributed by atoms with E-state index in [-0.39, 0.29) is 5.95 Å². The molecule has 1 aromatic carbocycles. The van der Waals surface area contributed by atoms with Crippen molar-refractivity contribution in [3.8, 4) is 11.6 Å². The van der Waals surface area contributed by atoms with Gasteiger partial charge in [-0.15, -0.1) is 16.9 Å². The number of aromatic nitrogens is 4. The van der Waals surface area contributed by atoms with Crippen molar-refractivity contribution < 1.29 is 17.6 Å². The predicted molar refractivity (Wildman–Crippen MR) is 93.9 cm³/mol. The van der Waals surface area contributed by atoms with Crippen LogP contribution in [0.2, 0.25) is 0 Å². The first-order valence-corrected chi connectivity index (χ1v) is 8.75. The summed E-state index contributed by atoms with van der Waals surface area (Å²) < 4.78 is 44.5. The Morgan fingerprint density at radius 1 is 1.11 bits per heavy atom. The molecule has 0 amide bonds. The lowest BCUT2D eigenvalue weighted by Gasteiger charge is -2.07. The number of nitrogen functional groups attached to an aromatic ring is 1. The van der Waals surface area contributed by atoms with E-state index in [4.69, 9.17) is 10.2 Å². The summed E-state index contributed by atoms with van der Waals surface area (Å²) >= 11 is 1.35. The van der Waals surface area contributed by atoms with E-state index in [0.29, 0.717) is 28.0 Å². The van der Waals surface area contributed by atoms with Crippen molar-refractivity contribution in [1.82, 2.24) is 19.6 Å². The highest BCUT2D eigenvalue weighted by Gasteiger charge is 2.29. The number of nitrogens with zero attached hydrogens (tertiary/aromatic N) is 4. The summed E-state index contributed by atoms with van der Waals surface area (Å²) in [6, 6.07) is 10.2. The Labute approximate surface area is 155 Å². The minimum absolute atomic E-state index is 0.160. The lowest BCUT2D eigenvalue weighted by molar-refractivity contribution is -0.137. The first-order valence-electron chi connectivity index (χ1n) is 7.76. The van der Waals surface area contributed by atoms with E-state index >= 15 is 0 Å². The lowest BCUT2D eigenvalue weighted by Crippen LogP contribution is -2.04. The molecule has 4 rings (SSSR count). The molecule has 0 saturated heterocycles. The number of nitrogens with two attached hydrogens (primary N) is 1. The van der Waals surface area contributed by atoms with Crippen molar-refractivity contribution >= 4 is 23.4 Å². The average molecular weight is 391 g/mol. The van der Waals surface area contributed by atoms with E-state index < -0.39 is 11.7 Å². The maximum absolute atomic E-state index is 12.6. The van der Waals surface area contributed by atoms with Gasteiger partial charge in [-0.25, -0.2) is 9.97 Å². The number of alkyl halides is 3. The Morgan fingerprint density at radius 3 is 2.56 bits per heavy atom. The topological polar surface area (TPSA) is 82.2 Å². The number of rotatable bonds is 4. The van der Waals surface area contributed by atoms with Crippen molar-refractivity contribution in [3.05, 3.63) is 59.9 Å². The molecule has 0 aliphatic rings. The molecule has 6 nitrogen and oxygen atoms in total. The Hall–Kier alpha value is -3.01. The molecule has 4 aromatic rings. The second kappa shape index (κ2) is 6.62. The summed E-state index contributed by atoms with van der Waals surface area (Å²) in [5, 5.41) is 4.85. The molecule has 3 heterocycles. The molecule has 10 heteroatoms. The van der Waals surface area contributed by atoms with Crippen LogP contribution in [0.4, 0.5) is 19.1 Å². The summed E-state index contributed by atoms with van der Waals surface area (Å²) in [4.78, 5) is 8.63. The van der Waals surface area contributed by atoms with Gasteiger partial charge in [-0.2, -0.15) is 17.7 Å². The molecule has 3 aromatic heterocycles. The number of fused-ring (bicyclic) bond motifs is 1. The standard InChI is InChI=1S/C17H12F3N5OS/c18-17(19,20)11-5-3-10(4-6-11)9-27-14-8-13-22-15(12-2-1-7-26-12)24-25(13)16(21)23-14/h1-8H,9H2,(H2,21,23). The zero-order chi connectivity index (χ0) is 19.0. The molecule has 0 bridgehead atoms. The van der Waals surface area contributed by atoms with Crippen LogP contribution in [-0.2, 0) is 11.9 Å². The van der Waals surface area contributed by atoms with E-state index in [1.165, 1.54) is 34.7 Å². The summed E-state index contributed by atoms with van der Waals surface area (Å²) in [5.74, 6) is 1.50. The second-order valence-electron chi connectivity index (χ2n) is 5.62. The van der Waals surface area contributed by atoms with Crippen LogP contribution in [0.25, 0.3) is 17.2 Å². The van der Waals surface area contributed by atoms with Gasteiger partial charge in [0.1, 0.15) is 5.03 Å². The summed E-state index contributed by atoms with van der Waals surface area (Å²) in [6.45, 7) is 0. The number of benzene rings is 1. The SMILES string of the molecule is Nc1nc(SCc2ccc(C(F)(F)F)cc2)cc2nc(-c3ccco3)nn12. The van der Waals surface area contributed by atoms with Crippen LogP contribution in [0.5, 0.6) is 0 Å². The molecule has 0 spiro atoms. The maximum atomic E-state index is 12.6. The van der Waals surface area contributed by atoms with Gasteiger partial charge in [-0.05, 0) is 29.8 Å². The number of thioether (sulfide) groups is 1. The van der Waals surface area contributed by atoms with Crippen LogP contribution in [-0.4, -0.2) is 19.6 Å². The predicted octanol–water partition coefficient (Wildman–Crippen LogP) is 4.28. The molecule has 0 fully saturated rings. The van der Waals surface area contributed by atoms with Crippen LogP contribution in [0.3, 0.4) is 0 Å². The van der Waals surface area contributed by atoms with Gasteiger partial charge in [0.05, 0.1) is 11.8 Å². The molecule has 2 N–H and O–H groups in total. The third-order valence-electron chi connectivity index (χ3n) is 3.74. The molecule has 0 radical (unpaired) electrons. The minimum Gasteiger partial charge on any atom is -0.461 e. The van der Waals surface area contributed by atoms with Gasteiger partial charge in [0, 0.05) is 11.8 Å². The molecule has 0 aliphatic carbocycles. The fraction of sp³-hybridized carbons (Fsp3) is 0.118. The number of anilines is 1. The van der Waals surface area contributed by atoms with Crippen LogP contribution >= 0.6 is 11.8 Å². The lowest BCUT2D eigenvalue weighted by atomic mass is 10.1. The summed E-state index contributed by atoms with van der Waals surface area (Å²) in [5.41, 5.74) is 6.51. The van der Waals surface area contributed by atoms with Crippen molar-refractivity contribution in [2.24, 2.45) is 0 Å². The van der Waals surface area contributed by atoms with E-state index in [1.807, 2.05) is 0 Å². The normalized spacial score (nSPS) is 12.0. The highest BCUT2D eigenvalue weighted by molar-refractivity contribution is 7.98. The van der Waals surface area contributed by atoms with Gasteiger partial charge < -0.3 is 10.2 Å². The molecular weight excluding hydrogens is 379 g/mol. The molecule has 0 aliphatic heterocycles. The van der Waals surface area contributed by atoms with E-state index in [1.54, 1.807) is 18.2 Å². The maximum Gasteiger partial charge on any atom is 0.416 e. The Balaban J connectivity index is 1.54. The Bertz CT molecular complexity index is 1070. The average Bonchev–Trinajstić information content (AvgIpc) is 3.29. The van der Waals surface area contributed by atoms with Gasteiger partial charge in [0.25, 0.3) is 0 Å². The molecular formula is C17H12F3N5OS. The zero-order valence-electron chi connectivity index (χ0n) is 13.6. The fourth-order valence-electron chi connectivity index (χ4n) is 2.42. The largest absolute Gasteiger partial charge is 0.461 e. The Morgan fingerprint density at radius 2 is 1.89 bits per heavy atom. The number of hydrogen-bond acceptors (Lipinski definition) is 6. The van der Waals surface area contributed by atoms with Crippen LogP contribution in [0.15, 0.2) is 58.2 Å². The molecule has 138 valence electrons. The third-order valence-corrected chi connectivity index (χ3v) is 4.72. The highest BCUT2D eigenvalue weighted by Crippen LogP contribution is 2.30. The fourth-order valence-corrected chi connectivity index (χ4v) is 3.27. The number of furan rings is 1. The molecule has 0 saturated carbocycles. The first-order chi connectivity index (χ1) is 12.9. The smallest absolute Gasteiger partial charge is 0.416 e. The summed E-state index contributed by atoms with van der Waals surface area (Å²) in [6.07, 6.45) is -2.82. The van der Waals surface area contributed by atoms with Crippen molar-refractivity contribution in [1.29, 1.82) is 0 Å². The monoisotopic (exact) mass is 391 g/mol. The van der Waals surface area contributed by atoms with Gasteiger partial charge >= 0.3 is 6.18 Å². The molecule has 0 atom stereocenters. The van der Waals surface area contributed by atoms with Gasteiger partial charge in [0.2, 0.25) is 11.8 Å². The minimum atomic E-state index is -4.34. The van der Waals surface area contributed by atoms with Gasteiger partial charge in [-0.1, -0.05) is 12.1 Å². The Kier molecular flexibility index (Phi) is 4.27. The first kappa shape index (κ1) is 17.4. The van der Waals surface area contributed by atoms with Gasteiger partial charge in [-0.3, -0.25) is 0 Å². The van der Waals surface area contributed by atoms with E-state index in [0.717, 1.165) is 17.7 Å². The van der Waals surface area contributed by atoms with Crippen LogP contribution < -0.4 is 5.73 Å². The van der Waals surface area contributed by atoms with E-state index in [2.05, 4.69) is 15.1 Å². The third kappa shape index (κ3) is 3.61. The quantitative estimate of drug-likeness (QED) is 0.413. The molecule has 0 unspecified atom stereocenters. The second-order valence-corrected chi connectivity index (χ2v) is 6.61. The summed E-state index contributed by atoms with van der Waals surface area (Å²) in [7, 11) is 0. The number of hydrogen-bond donors (Lipinski definition) is 1. The van der Waals surface area contributed by atoms with Crippen molar-refractivity contribution in [2.75, 3.05) is 5.73 Å². The van der Waals surface area contributed by atoms with Crippen molar-refractivity contribution in [3.63, 3.8) is 0 Å².